The lowest BCUT2D eigenvalue weighted by atomic mass is 10.3. The van der Waals surface area contributed by atoms with E-state index in [1.54, 1.807) is 28.6 Å². The molecule has 0 saturated carbocycles. The second kappa shape index (κ2) is 5.72. The largest absolute Gasteiger partial charge is 0.384 e. The lowest BCUT2D eigenvalue weighted by Gasteiger charge is -2.03. The average Bonchev–Trinajstić information content (AvgIpc) is 2.79. The number of nitrogens with zero attached hydrogens (tertiary/aromatic N) is 2. The van der Waals surface area contributed by atoms with Gasteiger partial charge in [0.1, 0.15) is 5.51 Å². The predicted octanol–water partition coefficient (Wildman–Crippen LogP) is 2.74. The molecule has 1 aromatic heterocycles. The van der Waals surface area contributed by atoms with E-state index >= 15 is 0 Å². The minimum atomic E-state index is 0.939. The van der Waals surface area contributed by atoms with E-state index in [0.29, 0.717) is 0 Å². The molecule has 1 N–H and O–H groups in total. The molecule has 0 radical (unpaired) electrons. The molecule has 0 amide bonds. The van der Waals surface area contributed by atoms with E-state index in [4.69, 9.17) is 0 Å². The van der Waals surface area contributed by atoms with Gasteiger partial charge in [0.05, 0.1) is 0 Å². The fraction of sp³-hybridized carbons (Fsp3) is 0.200. The maximum Gasteiger partial charge on any atom is 0.174 e. The van der Waals surface area contributed by atoms with Crippen molar-refractivity contribution in [2.45, 2.75) is 4.34 Å². The molecular formula is C10H11N3S2. The summed E-state index contributed by atoms with van der Waals surface area (Å²) in [7, 11) is 0. The first kappa shape index (κ1) is 10.4. The van der Waals surface area contributed by atoms with E-state index in [-0.39, 0.29) is 0 Å². The maximum absolute atomic E-state index is 3.96. The summed E-state index contributed by atoms with van der Waals surface area (Å²) >= 11 is 3.31. The van der Waals surface area contributed by atoms with E-state index in [0.717, 1.165) is 22.3 Å². The molecule has 78 valence electrons. The van der Waals surface area contributed by atoms with Gasteiger partial charge in [0.25, 0.3) is 0 Å². The summed E-state index contributed by atoms with van der Waals surface area (Å²) in [6.45, 7) is 0.939. The smallest absolute Gasteiger partial charge is 0.174 e. The number of hydrogen-bond donors (Lipinski definition) is 1. The Bertz CT molecular complexity index is 375. The molecular weight excluding hydrogens is 226 g/mol. The first-order valence-corrected chi connectivity index (χ1v) is 6.49. The molecule has 1 aromatic carbocycles. The van der Waals surface area contributed by atoms with Crippen LogP contribution in [0, 0.1) is 0 Å². The topological polar surface area (TPSA) is 37.8 Å². The zero-order valence-corrected chi connectivity index (χ0v) is 9.72. The third-order valence-corrected chi connectivity index (χ3v) is 3.63. The Balaban J connectivity index is 1.68. The number of thioether (sulfide) groups is 1. The van der Waals surface area contributed by atoms with Crippen LogP contribution in [0.5, 0.6) is 0 Å². The van der Waals surface area contributed by atoms with Crippen molar-refractivity contribution in [3.8, 4) is 0 Å². The van der Waals surface area contributed by atoms with E-state index < -0.39 is 0 Å². The number of para-hydroxylation sites is 1. The van der Waals surface area contributed by atoms with Crippen molar-refractivity contribution in [3.63, 3.8) is 0 Å². The molecule has 0 bridgehead atoms. The van der Waals surface area contributed by atoms with E-state index in [1.165, 1.54) is 0 Å². The Morgan fingerprint density at radius 1 is 1.27 bits per heavy atom. The van der Waals surface area contributed by atoms with Gasteiger partial charge in [-0.1, -0.05) is 41.3 Å². The second-order valence-electron chi connectivity index (χ2n) is 2.85. The molecule has 1 heterocycles. The molecule has 3 nitrogen and oxygen atoms in total. The number of benzene rings is 1. The summed E-state index contributed by atoms with van der Waals surface area (Å²) in [4.78, 5) is 0. The van der Waals surface area contributed by atoms with Gasteiger partial charge in [0.2, 0.25) is 0 Å². The van der Waals surface area contributed by atoms with Crippen LogP contribution < -0.4 is 5.32 Å². The standard InChI is InChI=1S/C10H11N3S2/c1-2-4-9(5-3-1)11-6-7-14-10-13-12-8-15-10/h1-5,8,11H,6-7H2. The molecule has 2 aromatic rings. The molecule has 0 fully saturated rings. The summed E-state index contributed by atoms with van der Waals surface area (Å²) < 4.78 is 1.03. The predicted molar refractivity (Wildman–Crippen MR) is 65.6 cm³/mol. The van der Waals surface area contributed by atoms with Crippen LogP contribution >= 0.6 is 23.1 Å². The molecule has 0 aliphatic heterocycles. The molecule has 0 aliphatic rings. The fourth-order valence-electron chi connectivity index (χ4n) is 1.12. The number of aromatic nitrogens is 2. The molecule has 0 aliphatic carbocycles. The van der Waals surface area contributed by atoms with E-state index in [9.17, 15) is 0 Å². The number of nitrogens with one attached hydrogen (secondary N) is 1. The third-order valence-electron chi connectivity index (χ3n) is 1.77. The normalized spacial score (nSPS) is 10.1. The Morgan fingerprint density at radius 3 is 2.87 bits per heavy atom. The molecule has 5 heteroatoms. The molecule has 0 atom stereocenters. The highest BCUT2D eigenvalue weighted by molar-refractivity contribution is 8.01. The van der Waals surface area contributed by atoms with Crippen molar-refractivity contribution in [2.75, 3.05) is 17.6 Å². The molecule has 15 heavy (non-hydrogen) atoms. The summed E-state index contributed by atoms with van der Waals surface area (Å²) in [6, 6.07) is 10.2. The van der Waals surface area contributed by atoms with Gasteiger partial charge in [-0.25, -0.2) is 0 Å². The van der Waals surface area contributed by atoms with Gasteiger partial charge in [-0.05, 0) is 12.1 Å². The van der Waals surface area contributed by atoms with Gasteiger partial charge in [-0.2, -0.15) is 0 Å². The fourth-order valence-corrected chi connectivity index (χ4v) is 2.53. The van der Waals surface area contributed by atoms with Gasteiger partial charge < -0.3 is 5.32 Å². The van der Waals surface area contributed by atoms with Gasteiger partial charge >= 0.3 is 0 Å². The Morgan fingerprint density at radius 2 is 2.13 bits per heavy atom. The summed E-state index contributed by atoms with van der Waals surface area (Å²) in [5, 5.41) is 11.1. The van der Waals surface area contributed by atoms with Crippen molar-refractivity contribution in [1.29, 1.82) is 0 Å². The summed E-state index contributed by atoms with van der Waals surface area (Å²) in [5.41, 5.74) is 2.92. The van der Waals surface area contributed by atoms with E-state index in [2.05, 4.69) is 27.6 Å². The Kier molecular flexibility index (Phi) is 3.99. The van der Waals surface area contributed by atoms with Crippen molar-refractivity contribution in [2.24, 2.45) is 0 Å². The molecule has 0 spiro atoms. The van der Waals surface area contributed by atoms with Crippen LogP contribution in [0.15, 0.2) is 40.2 Å². The summed E-state index contributed by atoms with van der Waals surface area (Å²) in [6.07, 6.45) is 0. The molecule has 0 saturated heterocycles. The summed E-state index contributed by atoms with van der Waals surface area (Å²) in [5.74, 6) is 1.00. The van der Waals surface area contributed by atoms with Gasteiger partial charge in [-0.3, -0.25) is 0 Å². The highest BCUT2D eigenvalue weighted by Gasteiger charge is 1.96. The zero-order chi connectivity index (χ0) is 10.3. The van der Waals surface area contributed by atoms with Crippen LogP contribution in [0.2, 0.25) is 0 Å². The number of hydrogen-bond acceptors (Lipinski definition) is 5. The zero-order valence-electron chi connectivity index (χ0n) is 8.09. The van der Waals surface area contributed by atoms with Gasteiger partial charge in [0, 0.05) is 18.0 Å². The highest BCUT2D eigenvalue weighted by Crippen LogP contribution is 2.18. The van der Waals surface area contributed by atoms with Crippen LogP contribution in [0.25, 0.3) is 0 Å². The minimum absolute atomic E-state index is 0.939. The highest BCUT2D eigenvalue weighted by atomic mass is 32.2. The molecule has 2 rings (SSSR count). The third kappa shape index (κ3) is 3.53. The Hall–Kier alpha value is -1.07. The monoisotopic (exact) mass is 237 g/mol. The van der Waals surface area contributed by atoms with Gasteiger partial charge in [0.15, 0.2) is 4.34 Å². The lowest BCUT2D eigenvalue weighted by Crippen LogP contribution is -2.03. The molecule has 0 unspecified atom stereocenters. The SMILES string of the molecule is c1ccc(NCCSc2nncs2)cc1. The maximum atomic E-state index is 3.96. The number of anilines is 1. The second-order valence-corrected chi connectivity index (χ2v) is 5.02. The van der Waals surface area contributed by atoms with Crippen LogP contribution in [0.4, 0.5) is 5.69 Å². The first-order valence-electron chi connectivity index (χ1n) is 4.63. The Labute approximate surface area is 96.9 Å². The quantitative estimate of drug-likeness (QED) is 0.641. The van der Waals surface area contributed by atoms with Crippen molar-refractivity contribution in [1.82, 2.24) is 10.2 Å². The average molecular weight is 237 g/mol. The van der Waals surface area contributed by atoms with Crippen molar-refractivity contribution >= 4 is 28.8 Å². The number of rotatable bonds is 5. The van der Waals surface area contributed by atoms with Crippen molar-refractivity contribution in [3.05, 3.63) is 35.8 Å². The van der Waals surface area contributed by atoms with E-state index in [1.807, 2.05) is 18.2 Å². The minimum Gasteiger partial charge on any atom is -0.384 e. The van der Waals surface area contributed by atoms with Crippen LogP contribution in [-0.2, 0) is 0 Å². The van der Waals surface area contributed by atoms with Crippen molar-refractivity contribution < 1.29 is 0 Å². The van der Waals surface area contributed by atoms with Crippen LogP contribution in [0.1, 0.15) is 0 Å². The first-order chi connectivity index (χ1) is 7.45. The van der Waals surface area contributed by atoms with Gasteiger partial charge in [-0.15, -0.1) is 10.2 Å². The lowest BCUT2D eigenvalue weighted by molar-refractivity contribution is 1.01. The van der Waals surface area contributed by atoms with Crippen LogP contribution in [-0.4, -0.2) is 22.5 Å². The van der Waals surface area contributed by atoms with Crippen LogP contribution in [0.3, 0.4) is 0 Å².